The zero-order valence-corrected chi connectivity index (χ0v) is 40.7. The van der Waals surface area contributed by atoms with Crippen LogP contribution in [0.2, 0.25) is 0 Å². The molecule has 3 aromatic heterocycles. The molecular weight excluding hydrogens is 915 g/mol. The van der Waals surface area contributed by atoms with Gasteiger partial charge >= 0.3 is 0 Å². The molecule has 1 aliphatic rings. The lowest BCUT2D eigenvalue weighted by Crippen LogP contribution is -2.45. The normalized spacial score (nSPS) is 14.8. The van der Waals surface area contributed by atoms with Gasteiger partial charge in [-0.3, -0.25) is 5.32 Å². The number of para-hydroxylation sites is 3. The second kappa shape index (κ2) is 17.5. The number of nitrogens with one attached hydrogen (secondary N) is 2. The largest absolute Gasteiger partial charge is 0.452 e. The molecule has 15 rings (SSSR count). The molecule has 11 aromatic carbocycles. The smallest absolute Gasteiger partial charge is 0.160 e. The van der Waals surface area contributed by atoms with Crippen LogP contribution in [0.15, 0.2) is 270 Å². The van der Waals surface area contributed by atoms with E-state index >= 15 is 0 Å². The summed E-state index contributed by atoms with van der Waals surface area (Å²) >= 11 is 0. The molecule has 1 aliphatic heterocycles. The van der Waals surface area contributed by atoms with E-state index in [0.717, 1.165) is 116 Å². The van der Waals surface area contributed by atoms with Crippen LogP contribution in [0.1, 0.15) is 29.0 Å². The first-order chi connectivity index (χ1) is 37.2. The van der Waals surface area contributed by atoms with Crippen LogP contribution < -0.4 is 10.6 Å². The van der Waals surface area contributed by atoms with E-state index < -0.39 is 6.17 Å². The molecule has 0 saturated heterocycles. The van der Waals surface area contributed by atoms with E-state index in [4.69, 9.17) is 9.41 Å². The highest BCUT2D eigenvalue weighted by molar-refractivity contribution is 6.26. The van der Waals surface area contributed by atoms with Gasteiger partial charge in [0.15, 0.2) is 11.2 Å². The highest BCUT2D eigenvalue weighted by Gasteiger charge is 2.30. The molecule has 0 bridgehead atoms. The molecule has 0 fully saturated rings. The molecule has 75 heavy (non-hydrogen) atoms. The van der Waals surface area contributed by atoms with Gasteiger partial charge in [-0.2, -0.15) is 0 Å². The zero-order valence-electron chi connectivity index (χ0n) is 40.7. The Hall–Kier alpha value is -9.75. The minimum absolute atomic E-state index is 0.288. The first kappa shape index (κ1) is 42.9. The van der Waals surface area contributed by atoms with Crippen molar-refractivity contribution in [2.45, 2.75) is 12.3 Å². The summed E-state index contributed by atoms with van der Waals surface area (Å²) in [5.74, 6) is 0.816. The molecule has 2 N–H and O–H groups in total. The molecule has 2 atom stereocenters. The van der Waals surface area contributed by atoms with Gasteiger partial charge in [-0.25, -0.2) is 4.99 Å². The summed E-state index contributed by atoms with van der Waals surface area (Å²) < 4.78 is 12.3. The molecule has 354 valence electrons. The van der Waals surface area contributed by atoms with Gasteiger partial charge in [-0.15, -0.1) is 0 Å². The second-order valence-electron chi connectivity index (χ2n) is 19.5. The third-order valence-corrected chi connectivity index (χ3v) is 15.2. The van der Waals surface area contributed by atoms with E-state index in [0.29, 0.717) is 0 Å². The van der Waals surface area contributed by atoms with Crippen LogP contribution in [-0.4, -0.2) is 15.0 Å². The molecule has 2 unspecified atom stereocenters. The average Bonchev–Trinajstić information content (AvgIpc) is 4.17. The maximum Gasteiger partial charge on any atom is 0.160 e. The summed E-state index contributed by atoms with van der Waals surface area (Å²) in [7, 11) is 0. The number of aromatic nitrogens is 2. The number of furan rings is 1. The predicted octanol–water partition coefficient (Wildman–Crippen LogP) is 17.1. The Bertz CT molecular complexity index is 4530. The molecule has 6 nitrogen and oxygen atoms in total. The second-order valence-corrected chi connectivity index (χ2v) is 19.5. The fourth-order valence-corrected chi connectivity index (χ4v) is 11.8. The number of amidine groups is 1. The number of nitrogens with zero attached hydrogens (tertiary/aromatic N) is 3. The molecule has 0 spiro atoms. The van der Waals surface area contributed by atoms with Crippen LogP contribution in [0.5, 0.6) is 0 Å². The third kappa shape index (κ3) is 7.03. The highest BCUT2D eigenvalue weighted by Crippen LogP contribution is 2.46. The molecule has 14 aromatic rings. The molecule has 0 aliphatic carbocycles. The van der Waals surface area contributed by atoms with Gasteiger partial charge in [-0.1, -0.05) is 218 Å². The van der Waals surface area contributed by atoms with Crippen molar-refractivity contribution in [3.63, 3.8) is 0 Å². The topological polar surface area (TPSA) is 59.4 Å². The number of fused-ring (bicyclic) bond motifs is 11. The van der Waals surface area contributed by atoms with E-state index in [2.05, 4.69) is 281 Å². The van der Waals surface area contributed by atoms with Crippen molar-refractivity contribution in [3.8, 4) is 44.8 Å². The number of hydrogen-bond acceptors (Lipinski definition) is 4. The van der Waals surface area contributed by atoms with E-state index in [1.165, 1.54) is 16.5 Å². The number of benzene rings is 11. The summed E-state index contributed by atoms with van der Waals surface area (Å²) in [4.78, 5) is 5.60. The first-order valence-electron chi connectivity index (χ1n) is 25.7. The molecular formula is C69H47N5O. The van der Waals surface area contributed by atoms with Gasteiger partial charge in [-0.05, 0) is 81.4 Å². The monoisotopic (exact) mass is 961 g/mol. The lowest BCUT2D eigenvalue weighted by Gasteiger charge is -2.34. The molecule has 0 saturated carbocycles. The zero-order chi connectivity index (χ0) is 49.4. The third-order valence-electron chi connectivity index (χ3n) is 15.2. The summed E-state index contributed by atoms with van der Waals surface area (Å²) in [6.07, 6.45) is -0.739. The van der Waals surface area contributed by atoms with Gasteiger partial charge in [0.25, 0.3) is 0 Å². The van der Waals surface area contributed by atoms with Crippen LogP contribution >= 0.6 is 0 Å². The van der Waals surface area contributed by atoms with Crippen LogP contribution in [-0.2, 0) is 0 Å². The Balaban J connectivity index is 0.944. The van der Waals surface area contributed by atoms with E-state index in [-0.39, 0.29) is 6.17 Å². The van der Waals surface area contributed by atoms with Crippen molar-refractivity contribution in [3.05, 3.63) is 278 Å². The fourth-order valence-electron chi connectivity index (χ4n) is 11.8. The van der Waals surface area contributed by atoms with Gasteiger partial charge < -0.3 is 18.9 Å². The fraction of sp³-hybridized carbons (Fsp3) is 0.0290. The Labute approximate surface area is 433 Å². The highest BCUT2D eigenvalue weighted by atomic mass is 16.3. The summed E-state index contributed by atoms with van der Waals surface area (Å²) in [6.45, 7) is 0. The quantitative estimate of drug-likeness (QED) is 0.160. The molecule has 0 amide bonds. The minimum atomic E-state index is -0.451. The first-order valence-corrected chi connectivity index (χ1v) is 25.7. The lowest BCUT2D eigenvalue weighted by atomic mass is 9.96. The van der Waals surface area contributed by atoms with Crippen molar-refractivity contribution in [2.24, 2.45) is 4.99 Å². The van der Waals surface area contributed by atoms with Gasteiger partial charge in [0.2, 0.25) is 0 Å². The Kier molecular flexibility index (Phi) is 10.00. The maximum absolute atomic E-state index is 7.51. The molecule has 4 heterocycles. The van der Waals surface area contributed by atoms with Crippen molar-refractivity contribution >= 4 is 71.4 Å². The van der Waals surface area contributed by atoms with E-state index in [1.54, 1.807) is 0 Å². The SMILES string of the molecule is c1ccc(-c2ccc(C3=NC(c4ccccc4-n4c5ccccc5c5ccc6c7ccc8c9ccccc9n(-c9cccc(-c%10ccccc%10)c9)c8c7oc6c54)NC(c4ccccc4-c4ccccc4)N3)cc2)cc1. The van der Waals surface area contributed by atoms with Crippen LogP contribution in [0.4, 0.5) is 0 Å². The maximum atomic E-state index is 7.51. The Morgan fingerprint density at radius 2 is 0.853 bits per heavy atom. The van der Waals surface area contributed by atoms with Crippen LogP contribution in [0.3, 0.4) is 0 Å². The van der Waals surface area contributed by atoms with Crippen LogP contribution in [0.25, 0.3) is 110 Å². The van der Waals surface area contributed by atoms with Crippen LogP contribution in [0, 0.1) is 0 Å². The lowest BCUT2D eigenvalue weighted by molar-refractivity contribution is 0.409. The van der Waals surface area contributed by atoms with E-state index in [1.807, 2.05) is 0 Å². The van der Waals surface area contributed by atoms with E-state index in [9.17, 15) is 0 Å². The average molecular weight is 962 g/mol. The van der Waals surface area contributed by atoms with Gasteiger partial charge in [0, 0.05) is 49.1 Å². The number of hydrogen-bond donors (Lipinski definition) is 2. The van der Waals surface area contributed by atoms with Crippen molar-refractivity contribution in [1.82, 2.24) is 19.8 Å². The Morgan fingerprint density at radius 1 is 0.360 bits per heavy atom. The van der Waals surface area contributed by atoms with Gasteiger partial charge in [0.1, 0.15) is 18.2 Å². The number of aliphatic imine (C=N–C) groups is 1. The number of rotatable bonds is 8. The Morgan fingerprint density at radius 3 is 1.53 bits per heavy atom. The summed E-state index contributed by atoms with van der Waals surface area (Å²) in [6, 6.07) is 93.3. The predicted molar refractivity (Wildman–Crippen MR) is 310 cm³/mol. The summed E-state index contributed by atoms with van der Waals surface area (Å²) in [5.41, 5.74) is 18.2. The van der Waals surface area contributed by atoms with Crippen molar-refractivity contribution in [2.75, 3.05) is 0 Å². The van der Waals surface area contributed by atoms with Crippen molar-refractivity contribution in [1.29, 1.82) is 0 Å². The van der Waals surface area contributed by atoms with Gasteiger partial charge in [0.05, 0.1) is 27.8 Å². The minimum Gasteiger partial charge on any atom is -0.452 e. The molecule has 6 heteroatoms. The van der Waals surface area contributed by atoms with Crippen molar-refractivity contribution < 1.29 is 4.42 Å². The summed E-state index contributed by atoms with van der Waals surface area (Å²) in [5, 5.41) is 14.6. The molecule has 0 radical (unpaired) electrons. The standard InChI is InChI=1S/C69H47N5O/c1-4-19-44(20-5-1)46-35-37-48(38-36-46)67-70-68(58-30-11-10-27-51(58)47-23-8-3-9-24-47)72-69(71-67)59-31-14-17-34-62(59)74-61-33-16-13-29-53(61)55-40-42-57-56-41-39-54-52-28-12-15-32-60(52)73(63(54)65(56)75-66(57)64(55)74)50-26-18-25-49(43-50)45-21-6-2-7-22-45/h1-43,68-69,72H,(H,70,71).